The molecule has 2 N–H and O–H groups in total. The minimum absolute atomic E-state index is 0.283. The maximum Gasteiger partial charge on any atom is 0.0361 e. The van der Waals surface area contributed by atoms with Gasteiger partial charge in [0, 0.05) is 24.2 Å². The van der Waals surface area contributed by atoms with Crippen molar-refractivity contribution in [1.29, 1.82) is 0 Å². The first-order chi connectivity index (χ1) is 8.09. The van der Waals surface area contributed by atoms with Gasteiger partial charge in [0.05, 0.1) is 0 Å². The van der Waals surface area contributed by atoms with Gasteiger partial charge in [0.2, 0.25) is 0 Å². The molecule has 0 aliphatic carbocycles. The molecule has 3 nitrogen and oxygen atoms in total. The standard InChI is InChI=1S/C14H29N3/c1-12-6-4-5-8-17(12)14(11-15)7-9-16(3)13(2)10-14/h12-13H,4-11,15H2,1-3H3. The van der Waals surface area contributed by atoms with Gasteiger partial charge in [-0.2, -0.15) is 0 Å². The van der Waals surface area contributed by atoms with Crippen LogP contribution in [0.3, 0.4) is 0 Å². The SMILES string of the molecule is CC1CC(CN)(N2CCCCC2C)CCN1C. The zero-order valence-electron chi connectivity index (χ0n) is 11.8. The Kier molecular flexibility index (Phi) is 4.11. The second-order valence-electron chi connectivity index (χ2n) is 6.25. The minimum atomic E-state index is 0.283. The third kappa shape index (κ3) is 2.51. The van der Waals surface area contributed by atoms with E-state index < -0.39 is 0 Å². The maximum atomic E-state index is 6.18. The summed E-state index contributed by atoms with van der Waals surface area (Å²) in [6, 6.07) is 1.39. The summed E-state index contributed by atoms with van der Waals surface area (Å²) in [7, 11) is 2.24. The second-order valence-corrected chi connectivity index (χ2v) is 6.25. The van der Waals surface area contributed by atoms with E-state index in [1.807, 2.05) is 0 Å². The highest BCUT2D eigenvalue weighted by atomic mass is 15.3. The molecular formula is C14H29N3. The third-order valence-corrected chi connectivity index (χ3v) is 5.15. The summed E-state index contributed by atoms with van der Waals surface area (Å²) < 4.78 is 0. The average molecular weight is 239 g/mol. The Morgan fingerprint density at radius 2 is 1.94 bits per heavy atom. The van der Waals surface area contributed by atoms with Crippen LogP contribution in [-0.4, -0.2) is 54.1 Å². The lowest BCUT2D eigenvalue weighted by molar-refractivity contribution is -0.0269. The molecule has 0 aromatic heterocycles. The molecule has 0 amide bonds. The monoisotopic (exact) mass is 239 g/mol. The highest BCUT2D eigenvalue weighted by molar-refractivity contribution is 5.00. The summed E-state index contributed by atoms with van der Waals surface area (Å²) in [5, 5.41) is 0. The predicted octanol–water partition coefficient (Wildman–Crippen LogP) is 1.67. The Labute approximate surface area is 106 Å². The van der Waals surface area contributed by atoms with Crippen LogP contribution in [0.25, 0.3) is 0 Å². The lowest BCUT2D eigenvalue weighted by Gasteiger charge is -2.53. The molecule has 2 rings (SSSR count). The molecule has 2 heterocycles. The van der Waals surface area contributed by atoms with Gasteiger partial charge in [0.25, 0.3) is 0 Å². The first kappa shape index (κ1) is 13.3. The Balaban J connectivity index is 2.13. The zero-order chi connectivity index (χ0) is 12.5. The van der Waals surface area contributed by atoms with Crippen molar-refractivity contribution >= 4 is 0 Å². The van der Waals surface area contributed by atoms with Crippen LogP contribution in [0.4, 0.5) is 0 Å². The van der Waals surface area contributed by atoms with Gasteiger partial charge < -0.3 is 10.6 Å². The van der Waals surface area contributed by atoms with E-state index in [2.05, 4.69) is 30.7 Å². The first-order valence-corrected chi connectivity index (χ1v) is 7.26. The molecular weight excluding hydrogens is 210 g/mol. The van der Waals surface area contributed by atoms with E-state index in [1.165, 1.54) is 45.2 Å². The van der Waals surface area contributed by atoms with Crippen molar-refractivity contribution in [2.24, 2.45) is 5.73 Å². The molecule has 0 bridgehead atoms. The summed E-state index contributed by atoms with van der Waals surface area (Å²) in [5.74, 6) is 0. The zero-order valence-corrected chi connectivity index (χ0v) is 11.8. The van der Waals surface area contributed by atoms with E-state index in [0.717, 1.165) is 12.6 Å². The van der Waals surface area contributed by atoms with Gasteiger partial charge in [0.15, 0.2) is 0 Å². The Bertz CT molecular complexity index is 256. The van der Waals surface area contributed by atoms with E-state index in [4.69, 9.17) is 5.73 Å². The Hall–Kier alpha value is -0.120. The first-order valence-electron chi connectivity index (χ1n) is 7.26. The summed E-state index contributed by atoms with van der Waals surface area (Å²) in [6.07, 6.45) is 6.59. The van der Waals surface area contributed by atoms with E-state index >= 15 is 0 Å². The van der Waals surface area contributed by atoms with Gasteiger partial charge in [0.1, 0.15) is 0 Å². The Morgan fingerprint density at radius 3 is 2.53 bits per heavy atom. The van der Waals surface area contributed by atoms with Crippen LogP contribution in [0.2, 0.25) is 0 Å². The van der Waals surface area contributed by atoms with Crippen LogP contribution in [0, 0.1) is 0 Å². The Morgan fingerprint density at radius 1 is 1.18 bits per heavy atom. The van der Waals surface area contributed by atoms with Crippen molar-refractivity contribution in [3.63, 3.8) is 0 Å². The van der Waals surface area contributed by atoms with Gasteiger partial charge in [-0.15, -0.1) is 0 Å². The van der Waals surface area contributed by atoms with Crippen LogP contribution in [0.1, 0.15) is 46.0 Å². The molecule has 0 aromatic rings. The number of likely N-dealkylation sites (tertiary alicyclic amines) is 2. The van der Waals surface area contributed by atoms with Gasteiger partial charge in [-0.1, -0.05) is 6.42 Å². The second kappa shape index (κ2) is 5.25. The predicted molar refractivity (Wildman–Crippen MR) is 73.1 cm³/mol. The van der Waals surface area contributed by atoms with Crippen LogP contribution in [0.15, 0.2) is 0 Å². The highest BCUT2D eigenvalue weighted by Crippen LogP contribution is 2.35. The number of hydrogen-bond donors (Lipinski definition) is 1. The molecule has 0 aromatic carbocycles. The molecule has 0 spiro atoms. The topological polar surface area (TPSA) is 32.5 Å². The number of nitrogens with two attached hydrogens (primary N) is 1. The summed E-state index contributed by atoms with van der Waals surface area (Å²) in [6.45, 7) is 8.02. The molecule has 3 unspecified atom stereocenters. The fourth-order valence-electron chi connectivity index (χ4n) is 3.78. The van der Waals surface area contributed by atoms with Crippen molar-refractivity contribution in [3.8, 4) is 0 Å². The lowest BCUT2D eigenvalue weighted by Crippen LogP contribution is -2.64. The van der Waals surface area contributed by atoms with Gasteiger partial charge in [-0.05, 0) is 59.7 Å². The number of hydrogen-bond acceptors (Lipinski definition) is 3. The average Bonchev–Trinajstić information content (AvgIpc) is 2.34. The molecule has 2 aliphatic rings. The summed E-state index contributed by atoms with van der Waals surface area (Å²) in [4.78, 5) is 5.21. The van der Waals surface area contributed by atoms with Crippen LogP contribution in [-0.2, 0) is 0 Å². The lowest BCUT2D eigenvalue weighted by atomic mass is 9.80. The quantitative estimate of drug-likeness (QED) is 0.795. The highest BCUT2D eigenvalue weighted by Gasteiger charge is 2.42. The van der Waals surface area contributed by atoms with E-state index in [0.29, 0.717) is 6.04 Å². The van der Waals surface area contributed by atoms with E-state index in [-0.39, 0.29) is 5.54 Å². The largest absolute Gasteiger partial charge is 0.329 e. The van der Waals surface area contributed by atoms with Gasteiger partial charge >= 0.3 is 0 Å². The minimum Gasteiger partial charge on any atom is -0.329 e. The van der Waals surface area contributed by atoms with Gasteiger partial charge in [-0.25, -0.2) is 0 Å². The van der Waals surface area contributed by atoms with Crippen molar-refractivity contribution < 1.29 is 0 Å². The molecule has 2 aliphatic heterocycles. The van der Waals surface area contributed by atoms with Crippen molar-refractivity contribution in [2.75, 3.05) is 26.7 Å². The molecule has 3 heteroatoms. The fraction of sp³-hybridized carbons (Fsp3) is 1.00. The normalized spacial score (nSPS) is 41.6. The van der Waals surface area contributed by atoms with Crippen LogP contribution < -0.4 is 5.73 Å². The summed E-state index contributed by atoms with van der Waals surface area (Å²) >= 11 is 0. The van der Waals surface area contributed by atoms with E-state index in [1.54, 1.807) is 0 Å². The van der Waals surface area contributed by atoms with Crippen LogP contribution >= 0.6 is 0 Å². The molecule has 100 valence electrons. The van der Waals surface area contributed by atoms with Crippen LogP contribution in [0.5, 0.6) is 0 Å². The molecule has 2 saturated heterocycles. The van der Waals surface area contributed by atoms with Gasteiger partial charge in [-0.3, -0.25) is 4.90 Å². The smallest absolute Gasteiger partial charge is 0.0361 e. The van der Waals surface area contributed by atoms with Crippen molar-refractivity contribution in [2.45, 2.75) is 63.6 Å². The van der Waals surface area contributed by atoms with E-state index in [9.17, 15) is 0 Å². The molecule has 2 fully saturated rings. The number of nitrogens with zero attached hydrogens (tertiary/aromatic N) is 2. The fourth-order valence-corrected chi connectivity index (χ4v) is 3.78. The molecule has 0 saturated carbocycles. The number of piperidine rings is 2. The molecule has 3 atom stereocenters. The van der Waals surface area contributed by atoms with Crippen molar-refractivity contribution in [1.82, 2.24) is 9.80 Å². The molecule has 17 heavy (non-hydrogen) atoms. The third-order valence-electron chi connectivity index (χ3n) is 5.15. The molecule has 0 radical (unpaired) electrons. The maximum absolute atomic E-state index is 6.18. The van der Waals surface area contributed by atoms with Crippen molar-refractivity contribution in [3.05, 3.63) is 0 Å². The number of rotatable bonds is 2. The summed E-state index contributed by atoms with van der Waals surface area (Å²) in [5.41, 5.74) is 6.46.